The number of halogens is 1. The van der Waals surface area contributed by atoms with Gasteiger partial charge in [0.15, 0.2) is 0 Å². The van der Waals surface area contributed by atoms with Gasteiger partial charge >= 0.3 is 5.97 Å². The van der Waals surface area contributed by atoms with E-state index in [-0.39, 0.29) is 40.0 Å². The van der Waals surface area contributed by atoms with Gasteiger partial charge in [0.1, 0.15) is 23.6 Å². The molecule has 1 aliphatic heterocycles. The molecule has 0 aromatic rings. The largest absolute Gasteiger partial charge is 0.462 e. The van der Waals surface area contributed by atoms with Crippen molar-refractivity contribution in [2.75, 3.05) is 0 Å². The van der Waals surface area contributed by atoms with Crippen molar-refractivity contribution >= 4 is 23.4 Å². The number of esters is 1. The number of hydrogen-bond acceptors (Lipinski definition) is 4. The molecule has 6 rings (SSSR count). The van der Waals surface area contributed by atoms with Crippen LogP contribution in [-0.4, -0.2) is 34.9 Å². The van der Waals surface area contributed by atoms with Crippen LogP contribution in [0.2, 0.25) is 0 Å². The lowest BCUT2D eigenvalue weighted by Gasteiger charge is -2.59. The number of carbonyl (C=O) groups is 2. The van der Waals surface area contributed by atoms with E-state index in [0.29, 0.717) is 35.4 Å². The van der Waals surface area contributed by atoms with Crippen molar-refractivity contribution in [2.24, 2.45) is 40.4 Å². The monoisotopic (exact) mass is 392 g/mol. The van der Waals surface area contributed by atoms with Gasteiger partial charge < -0.3 is 9.47 Å². The third-order valence-electron chi connectivity index (χ3n) is 9.82. The maximum atomic E-state index is 13.0. The van der Waals surface area contributed by atoms with Crippen LogP contribution in [0.1, 0.15) is 59.3 Å². The van der Waals surface area contributed by atoms with E-state index in [0.717, 1.165) is 38.5 Å². The SMILES string of the molecule is CC(=O)O[C@H]1CC[C@]2(C)[C@H]3CC[C@]4(C)C(=O)[C@H]5C[C@H]5[C@H]4[C@@H]3[C@H](Cl)[C@H]3O[C@]32C1. The number of hydrogen-bond donors (Lipinski definition) is 0. The highest BCUT2D eigenvalue weighted by molar-refractivity contribution is 6.21. The Hall–Kier alpha value is -0.610. The Balaban J connectivity index is 1.36. The van der Waals surface area contributed by atoms with Crippen LogP contribution in [0, 0.1) is 40.4 Å². The van der Waals surface area contributed by atoms with Crippen molar-refractivity contribution in [3.05, 3.63) is 0 Å². The highest BCUT2D eigenvalue weighted by Gasteiger charge is 2.81. The molecule has 6 fully saturated rings. The molecule has 6 aliphatic rings. The zero-order chi connectivity index (χ0) is 18.9. The van der Waals surface area contributed by atoms with Gasteiger partial charge in [0.05, 0.1) is 5.38 Å². The van der Waals surface area contributed by atoms with Crippen LogP contribution in [0.15, 0.2) is 0 Å². The first-order chi connectivity index (χ1) is 12.7. The van der Waals surface area contributed by atoms with E-state index in [1.807, 2.05) is 0 Å². The molecule has 5 saturated carbocycles. The van der Waals surface area contributed by atoms with Crippen molar-refractivity contribution in [2.45, 2.75) is 82.5 Å². The fourth-order valence-corrected chi connectivity index (χ4v) is 9.14. The molecule has 27 heavy (non-hydrogen) atoms. The number of fused-ring (bicyclic) bond motifs is 6. The van der Waals surface area contributed by atoms with Gasteiger partial charge in [-0.1, -0.05) is 13.8 Å². The fourth-order valence-electron chi connectivity index (χ4n) is 8.56. The maximum absolute atomic E-state index is 13.0. The maximum Gasteiger partial charge on any atom is 0.302 e. The highest BCUT2D eigenvalue weighted by atomic mass is 35.5. The second-order valence-corrected chi connectivity index (χ2v) is 11.3. The van der Waals surface area contributed by atoms with Crippen molar-refractivity contribution in [3.8, 4) is 0 Å². The summed E-state index contributed by atoms with van der Waals surface area (Å²) < 4.78 is 12.0. The summed E-state index contributed by atoms with van der Waals surface area (Å²) in [6.07, 6.45) is 5.92. The molecule has 1 saturated heterocycles. The smallest absolute Gasteiger partial charge is 0.302 e. The Kier molecular flexibility index (Phi) is 3.15. The molecule has 11 atom stereocenters. The molecule has 0 unspecified atom stereocenters. The Morgan fingerprint density at radius 1 is 1.26 bits per heavy atom. The van der Waals surface area contributed by atoms with E-state index in [2.05, 4.69) is 13.8 Å². The van der Waals surface area contributed by atoms with Gasteiger partial charge in [-0.3, -0.25) is 9.59 Å². The van der Waals surface area contributed by atoms with Crippen LogP contribution in [0.4, 0.5) is 0 Å². The fraction of sp³-hybridized carbons (Fsp3) is 0.909. The summed E-state index contributed by atoms with van der Waals surface area (Å²) in [6, 6.07) is 0. The minimum atomic E-state index is -0.224. The van der Waals surface area contributed by atoms with E-state index in [1.165, 1.54) is 6.92 Å². The second kappa shape index (κ2) is 4.92. The first-order valence-corrected chi connectivity index (χ1v) is 11.2. The Morgan fingerprint density at radius 2 is 2.04 bits per heavy atom. The van der Waals surface area contributed by atoms with Crippen molar-refractivity contribution < 1.29 is 19.1 Å². The molecule has 5 aliphatic carbocycles. The molecule has 1 heterocycles. The second-order valence-electron chi connectivity index (χ2n) is 10.8. The third-order valence-corrected chi connectivity index (χ3v) is 10.3. The average molecular weight is 393 g/mol. The number of carbonyl (C=O) groups excluding carboxylic acids is 2. The highest BCUT2D eigenvalue weighted by Crippen LogP contribution is 2.77. The van der Waals surface area contributed by atoms with Gasteiger partial charge in [-0.2, -0.15) is 0 Å². The molecule has 0 N–H and O–H groups in total. The Labute approximate surface area is 165 Å². The standard InChI is InChI=1S/C22H29ClO4/c1-10(24)26-11-4-7-21(3)14-5-6-20(2)16(12-8-13(12)18(20)25)15(14)17(23)19-22(21,9-11)27-19/h11-17,19H,4-9H2,1-3H3/t11-,12+,13-,14-,15+,16-,17-,19+,20-,21+,22+/m0/s1. The minimum Gasteiger partial charge on any atom is -0.462 e. The summed E-state index contributed by atoms with van der Waals surface area (Å²) >= 11 is 7.13. The molecule has 0 radical (unpaired) electrons. The van der Waals surface area contributed by atoms with Gasteiger partial charge in [-0.15, -0.1) is 11.6 Å². The molecule has 4 nitrogen and oxygen atoms in total. The Bertz CT molecular complexity index is 753. The first kappa shape index (κ1) is 17.3. The van der Waals surface area contributed by atoms with E-state index in [9.17, 15) is 9.59 Å². The zero-order valence-electron chi connectivity index (χ0n) is 16.4. The summed E-state index contributed by atoms with van der Waals surface area (Å²) in [4.78, 5) is 24.4. The summed E-state index contributed by atoms with van der Waals surface area (Å²) in [5, 5.41) is -0.0177. The molecule has 5 heteroatoms. The molecular formula is C22H29ClO4. The lowest BCUT2D eigenvalue weighted by atomic mass is 9.44. The molecule has 0 amide bonds. The van der Waals surface area contributed by atoms with E-state index >= 15 is 0 Å². The summed E-state index contributed by atoms with van der Waals surface area (Å²) in [7, 11) is 0. The number of Topliss-reactive ketones (excluding diaryl/α,β-unsaturated/α-hetero) is 1. The molecule has 0 aromatic carbocycles. The molecule has 0 bridgehead atoms. The lowest BCUT2D eigenvalue weighted by molar-refractivity contribution is -0.158. The van der Waals surface area contributed by atoms with Gasteiger partial charge in [-0.05, 0) is 55.8 Å². The number of ketones is 1. The summed E-state index contributed by atoms with van der Waals surface area (Å²) in [5.74, 6) is 2.57. The third kappa shape index (κ3) is 1.86. The average Bonchev–Trinajstić information content (AvgIpc) is 3.49. The van der Waals surface area contributed by atoms with Crippen molar-refractivity contribution in [1.29, 1.82) is 0 Å². The van der Waals surface area contributed by atoms with Crippen LogP contribution < -0.4 is 0 Å². The predicted octanol–water partition coefficient (Wildman–Crippen LogP) is 3.73. The molecule has 148 valence electrons. The van der Waals surface area contributed by atoms with Crippen LogP contribution in [-0.2, 0) is 19.1 Å². The topological polar surface area (TPSA) is 55.9 Å². The van der Waals surface area contributed by atoms with Gasteiger partial charge in [0.25, 0.3) is 0 Å². The lowest BCUT2D eigenvalue weighted by Crippen LogP contribution is -2.62. The number of ether oxygens (including phenoxy) is 2. The minimum absolute atomic E-state index is 0.0177. The molecule has 0 aromatic heterocycles. The first-order valence-electron chi connectivity index (χ1n) is 10.8. The number of alkyl halides is 1. The molecular weight excluding hydrogens is 364 g/mol. The predicted molar refractivity (Wildman–Crippen MR) is 99.2 cm³/mol. The zero-order valence-corrected chi connectivity index (χ0v) is 17.1. The van der Waals surface area contributed by atoms with Crippen LogP contribution in [0.5, 0.6) is 0 Å². The van der Waals surface area contributed by atoms with E-state index in [1.54, 1.807) is 0 Å². The normalized spacial score (nSPS) is 62.4. The van der Waals surface area contributed by atoms with Crippen LogP contribution in [0.25, 0.3) is 0 Å². The quantitative estimate of drug-likeness (QED) is 0.387. The summed E-state index contributed by atoms with van der Waals surface area (Å²) in [6.45, 7) is 6.12. The van der Waals surface area contributed by atoms with Crippen LogP contribution >= 0.6 is 11.6 Å². The van der Waals surface area contributed by atoms with Crippen molar-refractivity contribution in [3.63, 3.8) is 0 Å². The van der Waals surface area contributed by atoms with E-state index < -0.39 is 0 Å². The van der Waals surface area contributed by atoms with Gasteiger partial charge in [-0.25, -0.2) is 0 Å². The number of epoxide rings is 1. The van der Waals surface area contributed by atoms with E-state index in [4.69, 9.17) is 21.1 Å². The summed E-state index contributed by atoms with van der Waals surface area (Å²) in [5.41, 5.74) is -0.290. The molecule has 1 spiro atoms. The Morgan fingerprint density at radius 3 is 2.78 bits per heavy atom. The van der Waals surface area contributed by atoms with Crippen molar-refractivity contribution in [1.82, 2.24) is 0 Å². The van der Waals surface area contributed by atoms with Gasteiger partial charge in [0.2, 0.25) is 0 Å². The number of rotatable bonds is 1. The van der Waals surface area contributed by atoms with Gasteiger partial charge in [0, 0.05) is 30.1 Å². The van der Waals surface area contributed by atoms with Crippen LogP contribution in [0.3, 0.4) is 0 Å².